The number of halogens is 3. The number of nitrogens with one attached hydrogen (secondary N) is 1. The van der Waals surface area contributed by atoms with Gasteiger partial charge in [-0.2, -0.15) is 0 Å². The molecule has 1 N–H and O–H groups in total. The van der Waals surface area contributed by atoms with Crippen molar-refractivity contribution >= 4 is 21.4 Å². The van der Waals surface area contributed by atoms with Crippen molar-refractivity contribution in [3.05, 3.63) is 53.8 Å². The van der Waals surface area contributed by atoms with Crippen LogP contribution >= 0.6 is 0 Å². The molecule has 24 heavy (non-hydrogen) atoms. The molecule has 0 aromatic heterocycles. The van der Waals surface area contributed by atoms with Gasteiger partial charge in [-0.15, -0.1) is 0 Å². The third-order valence-electron chi connectivity index (χ3n) is 3.83. The fourth-order valence-electron chi connectivity index (χ4n) is 2.68. The zero-order chi connectivity index (χ0) is 17.3. The van der Waals surface area contributed by atoms with Crippen molar-refractivity contribution in [2.75, 3.05) is 22.7 Å². The molecule has 0 aliphatic carbocycles. The van der Waals surface area contributed by atoms with Crippen molar-refractivity contribution < 1.29 is 21.6 Å². The third kappa shape index (κ3) is 3.33. The zero-order valence-electron chi connectivity index (χ0n) is 12.6. The van der Waals surface area contributed by atoms with Gasteiger partial charge in [0.25, 0.3) is 10.0 Å². The van der Waals surface area contributed by atoms with Crippen molar-refractivity contribution in [3.8, 4) is 0 Å². The van der Waals surface area contributed by atoms with Crippen LogP contribution in [0.15, 0.2) is 41.3 Å². The van der Waals surface area contributed by atoms with Gasteiger partial charge in [0.15, 0.2) is 0 Å². The van der Waals surface area contributed by atoms with Gasteiger partial charge in [-0.05, 0) is 43.2 Å². The van der Waals surface area contributed by atoms with Crippen LogP contribution in [0.2, 0.25) is 0 Å². The molecule has 1 fully saturated rings. The topological polar surface area (TPSA) is 49.4 Å². The zero-order valence-corrected chi connectivity index (χ0v) is 13.4. The van der Waals surface area contributed by atoms with Crippen LogP contribution < -0.4 is 9.62 Å². The smallest absolute Gasteiger partial charge is 0.264 e. The molecule has 0 atom stereocenters. The summed E-state index contributed by atoms with van der Waals surface area (Å²) in [7, 11) is -4.36. The molecule has 3 rings (SSSR count). The van der Waals surface area contributed by atoms with Crippen molar-refractivity contribution in [2.24, 2.45) is 0 Å². The van der Waals surface area contributed by atoms with Crippen LogP contribution in [0.3, 0.4) is 0 Å². The molecule has 8 heteroatoms. The molecule has 0 unspecified atom stereocenters. The summed E-state index contributed by atoms with van der Waals surface area (Å²) in [4.78, 5) is 1.05. The second kappa shape index (κ2) is 6.35. The molecule has 4 nitrogen and oxygen atoms in total. The molecule has 1 aliphatic heterocycles. The highest BCUT2D eigenvalue weighted by Crippen LogP contribution is 2.27. The quantitative estimate of drug-likeness (QED) is 0.912. The predicted molar refractivity (Wildman–Crippen MR) is 85.0 cm³/mol. The Morgan fingerprint density at radius 2 is 1.62 bits per heavy atom. The summed E-state index contributed by atoms with van der Waals surface area (Å²) in [6, 6.07) is 6.01. The van der Waals surface area contributed by atoms with E-state index in [1.807, 2.05) is 4.90 Å². The van der Waals surface area contributed by atoms with Gasteiger partial charge >= 0.3 is 0 Å². The lowest BCUT2D eigenvalue weighted by Crippen LogP contribution is -2.19. The molecule has 128 valence electrons. The van der Waals surface area contributed by atoms with Gasteiger partial charge in [0.05, 0.1) is 11.4 Å². The third-order valence-corrected chi connectivity index (χ3v) is 5.23. The highest BCUT2D eigenvalue weighted by molar-refractivity contribution is 7.92. The van der Waals surface area contributed by atoms with Gasteiger partial charge in [-0.25, -0.2) is 21.6 Å². The Morgan fingerprint density at radius 3 is 2.29 bits per heavy atom. The lowest BCUT2D eigenvalue weighted by molar-refractivity contribution is 0.555. The Hall–Kier alpha value is -2.22. The predicted octanol–water partition coefficient (Wildman–Crippen LogP) is 3.50. The van der Waals surface area contributed by atoms with E-state index in [2.05, 4.69) is 4.72 Å². The van der Waals surface area contributed by atoms with Crippen LogP contribution in [0.5, 0.6) is 0 Å². The van der Waals surface area contributed by atoms with Crippen molar-refractivity contribution in [3.63, 3.8) is 0 Å². The van der Waals surface area contributed by atoms with E-state index in [0.29, 0.717) is 11.8 Å². The van der Waals surface area contributed by atoms with Crippen LogP contribution in [-0.2, 0) is 10.0 Å². The van der Waals surface area contributed by atoms with E-state index in [1.54, 1.807) is 0 Å². The molecule has 0 radical (unpaired) electrons. The number of nitrogens with zero attached hydrogens (tertiary/aromatic N) is 1. The van der Waals surface area contributed by atoms with E-state index in [-0.39, 0.29) is 5.69 Å². The molecule has 0 amide bonds. The molecular weight excluding hydrogens is 341 g/mol. The van der Waals surface area contributed by atoms with Crippen molar-refractivity contribution in [1.82, 2.24) is 0 Å². The molecule has 2 aromatic rings. The second-order valence-corrected chi connectivity index (χ2v) is 7.19. The molecule has 0 saturated carbocycles. The Labute approximate surface area is 138 Å². The lowest BCUT2D eigenvalue weighted by Gasteiger charge is -2.19. The number of hydrogen-bond acceptors (Lipinski definition) is 3. The van der Waals surface area contributed by atoms with Crippen LogP contribution in [0.1, 0.15) is 12.8 Å². The first-order valence-electron chi connectivity index (χ1n) is 7.39. The minimum atomic E-state index is -4.36. The van der Waals surface area contributed by atoms with E-state index < -0.39 is 32.4 Å². The summed E-state index contributed by atoms with van der Waals surface area (Å²) in [5.74, 6) is -2.54. The average molecular weight is 356 g/mol. The van der Waals surface area contributed by atoms with E-state index in [0.717, 1.165) is 44.1 Å². The normalized spacial score (nSPS) is 14.9. The second-order valence-electron chi connectivity index (χ2n) is 5.54. The SMILES string of the molecule is O=S(=O)(Nc1ccc(N2CCCC2)c(F)c1)c1cc(F)ccc1F. The Balaban J connectivity index is 1.87. The standard InChI is InChI=1S/C16H15F3N2O2S/c17-11-3-5-13(18)16(9-11)24(22,23)20-12-4-6-15(14(19)10-12)21-7-1-2-8-21/h3-6,9-10,20H,1-2,7-8H2. The van der Waals surface area contributed by atoms with Gasteiger partial charge < -0.3 is 4.90 Å². The maximum atomic E-state index is 14.2. The minimum absolute atomic E-state index is 0.0564. The maximum absolute atomic E-state index is 14.2. The fourth-order valence-corrected chi connectivity index (χ4v) is 3.82. The molecule has 1 aliphatic rings. The number of rotatable bonds is 4. The first kappa shape index (κ1) is 16.6. The summed E-state index contributed by atoms with van der Waals surface area (Å²) in [5.41, 5.74) is 0.339. The van der Waals surface area contributed by atoms with Gasteiger partial charge in [0.2, 0.25) is 0 Å². The Kier molecular flexibility index (Phi) is 4.40. The van der Waals surface area contributed by atoms with Gasteiger partial charge in [-0.1, -0.05) is 0 Å². The highest BCUT2D eigenvalue weighted by atomic mass is 32.2. The van der Waals surface area contributed by atoms with Crippen molar-refractivity contribution in [1.29, 1.82) is 0 Å². The first-order chi connectivity index (χ1) is 11.4. The largest absolute Gasteiger partial charge is 0.369 e. The van der Waals surface area contributed by atoms with Crippen LogP contribution in [-0.4, -0.2) is 21.5 Å². The van der Waals surface area contributed by atoms with Gasteiger partial charge in [0, 0.05) is 19.2 Å². The molecule has 2 aromatic carbocycles. The summed E-state index contributed by atoms with van der Waals surface area (Å²) in [6.07, 6.45) is 1.96. The molecular formula is C16H15F3N2O2S. The van der Waals surface area contributed by atoms with E-state index in [9.17, 15) is 21.6 Å². The summed E-state index contributed by atoms with van der Waals surface area (Å²) in [6.45, 7) is 1.49. The van der Waals surface area contributed by atoms with E-state index in [4.69, 9.17) is 0 Å². The maximum Gasteiger partial charge on any atom is 0.264 e. The molecule has 1 heterocycles. The summed E-state index contributed by atoms with van der Waals surface area (Å²) < 4.78 is 67.5. The number of anilines is 2. The number of sulfonamides is 1. The summed E-state index contributed by atoms with van der Waals surface area (Å²) in [5, 5.41) is 0. The number of benzene rings is 2. The average Bonchev–Trinajstić information content (AvgIpc) is 3.03. The molecule has 0 bridgehead atoms. The van der Waals surface area contributed by atoms with Gasteiger partial charge in [-0.3, -0.25) is 4.72 Å². The highest BCUT2D eigenvalue weighted by Gasteiger charge is 2.21. The van der Waals surface area contributed by atoms with E-state index in [1.165, 1.54) is 12.1 Å². The number of hydrogen-bond donors (Lipinski definition) is 1. The first-order valence-corrected chi connectivity index (χ1v) is 8.87. The minimum Gasteiger partial charge on any atom is -0.369 e. The van der Waals surface area contributed by atoms with Crippen LogP contribution in [0.4, 0.5) is 24.5 Å². The molecule has 0 spiro atoms. The fraction of sp³-hybridized carbons (Fsp3) is 0.250. The summed E-state index contributed by atoms with van der Waals surface area (Å²) >= 11 is 0. The monoisotopic (exact) mass is 356 g/mol. The van der Waals surface area contributed by atoms with Crippen molar-refractivity contribution in [2.45, 2.75) is 17.7 Å². The van der Waals surface area contributed by atoms with E-state index >= 15 is 0 Å². The molecule has 1 saturated heterocycles. The lowest BCUT2D eigenvalue weighted by atomic mass is 10.2. The Bertz CT molecular complexity index is 866. The van der Waals surface area contributed by atoms with Crippen LogP contribution in [0, 0.1) is 17.5 Å². The van der Waals surface area contributed by atoms with Crippen LogP contribution in [0.25, 0.3) is 0 Å². The Morgan fingerprint density at radius 1 is 0.917 bits per heavy atom. The van der Waals surface area contributed by atoms with Gasteiger partial charge in [0.1, 0.15) is 22.3 Å².